The first kappa shape index (κ1) is 19.6. The second-order valence-electron chi connectivity index (χ2n) is 7.27. The molecule has 0 spiro atoms. The van der Waals surface area contributed by atoms with Gasteiger partial charge in [-0.15, -0.1) is 0 Å². The number of anilines is 2. The Bertz CT molecular complexity index is 1130. The molecular formula is C21H23N7O2. The molecule has 3 aromatic heterocycles. The van der Waals surface area contributed by atoms with Gasteiger partial charge in [-0.2, -0.15) is 0 Å². The van der Waals surface area contributed by atoms with Gasteiger partial charge in [-0.3, -0.25) is 15.1 Å². The maximum atomic E-state index is 12.3. The maximum Gasteiger partial charge on any atom is 0.321 e. The highest BCUT2D eigenvalue weighted by Gasteiger charge is 2.30. The SMILES string of the molecule is CCc1ccncc1-c1cc2cc(NC(=O)N[C@@H]3CCN(C)C3=O)ncc2c(N)n1. The average Bonchev–Trinajstić information content (AvgIpc) is 3.05. The van der Waals surface area contributed by atoms with Crippen molar-refractivity contribution in [1.29, 1.82) is 0 Å². The Kier molecular flexibility index (Phi) is 5.18. The number of aryl methyl sites for hydroxylation is 1. The van der Waals surface area contributed by atoms with E-state index >= 15 is 0 Å². The van der Waals surface area contributed by atoms with Crippen LogP contribution in [0.3, 0.4) is 0 Å². The van der Waals surface area contributed by atoms with Crippen LogP contribution >= 0.6 is 0 Å². The topological polar surface area (TPSA) is 126 Å². The molecule has 154 valence electrons. The summed E-state index contributed by atoms with van der Waals surface area (Å²) in [4.78, 5) is 38.9. The summed E-state index contributed by atoms with van der Waals surface area (Å²) in [5, 5.41) is 6.88. The van der Waals surface area contributed by atoms with Gasteiger partial charge in [0.05, 0.1) is 5.69 Å². The molecule has 0 radical (unpaired) electrons. The number of carbonyl (C=O) groups excluding carboxylic acids is 2. The molecule has 0 aromatic carbocycles. The third-order valence-corrected chi connectivity index (χ3v) is 5.29. The van der Waals surface area contributed by atoms with Crippen LogP contribution in [0, 0.1) is 0 Å². The normalized spacial score (nSPS) is 16.1. The zero-order valence-electron chi connectivity index (χ0n) is 16.8. The van der Waals surface area contributed by atoms with E-state index in [1.54, 1.807) is 36.6 Å². The number of nitrogens with two attached hydrogens (primary N) is 1. The summed E-state index contributed by atoms with van der Waals surface area (Å²) in [7, 11) is 1.72. The monoisotopic (exact) mass is 405 g/mol. The summed E-state index contributed by atoms with van der Waals surface area (Å²) >= 11 is 0. The summed E-state index contributed by atoms with van der Waals surface area (Å²) in [5.74, 6) is 0.622. The molecule has 1 aliphatic rings. The Morgan fingerprint density at radius 2 is 2.17 bits per heavy atom. The number of hydrogen-bond donors (Lipinski definition) is 3. The fourth-order valence-corrected chi connectivity index (χ4v) is 3.61. The molecular weight excluding hydrogens is 382 g/mol. The van der Waals surface area contributed by atoms with Crippen molar-refractivity contribution in [2.45, 2.75) is 25.8 Å². The molecule has 4 heterocycles. The highest BCUT2D eigenvalue weighted by molar-refractivity contribution is 5.98. The average molecular weight is 405 g/mol. The minimum absolute atomic E-state index is 0.0942. The fourth-order valence-electron chi connectivity index (χ4n) is 3.61. The van der Waals surface area contributed by atoms with Crippen molar-refractivity contribution in [3.63, 3.8) is 0 Å². The van der Waals surface area contributed by atoms with E-state index in [2.05, 4.69) is 32.5 Å². The van der Waals surface area contributed by atoms with Crippen LogP contribution in [0.25, 0.3) is 22.0 Å². The lowest BCUT2D eigenvalue weighted by molar-refractivity contribution is -0.128. The second-order valence-corrected chi connectivity index (χ2v) is 7.27. The number of nitrogens with zero attached hydrogens (tertiary/aromatic N) is 4. The van der Waals surface area contributed by atoms with Crippen molar-refractivity contribution in [2.75, 3.05) is 24.6 Å². The molecule has 0 aliphatic carbocycles. The first-order valence-corrected chi connectivity index (χ1v) is 9.78. The number of fused-ring (bicyclic) bond motifs is 1. The first-order valence-electron chi connectivity index (χ1n) is 9.78. The van der Waals surface area contributed by atoms with Crippen molar-refractivity contribution in [3.8, 4) is 11.3 Å². The van der Waals surface area contributed by atoms with Gasteiger partial charge in [0, 0.05) is 43.1 Å². The lowest BCUT2D eigenvalue weighted by Gasteiger charge is -2.13. The van der Waals surface area contributed by atoms with E-state index in [1.165, 1.54) is 0 Å². The van der Waals surface area contributed by atoms with Gasteiger partial charge >= 0.3 is 6.03 Å². The Labute approximate surface area is 173 Å². The number of urea groups is 1. The fraction of sp³-hybridized carbons (Fsp3) is 0.286. The molecule has 4 N–H and O–H groups in total. The van der Waals surface area contributed by atoms with E-state index in [9.17, 15) is 9.59 Å². The van der Waals surface area contributed by atoms with Crippen LogP contribution in [-0.4, -0.2) is 51.4 Å². The van der Waals surface area contributed by atoms with Crippen molar-refractivity contribution in [3.05, 3.63) is 42.4 Å². The molecule has 3 aromatic rings. The first-order chi connectivity index (χ1) is 14.5. The van der Waals surface area contributed by atoms with Gasteiger partial charge in [-0.1, -0.05) is 6.92 Å². The van der Waals surface area contributed by atoms with Crippen LogP contribution in [0.2, 0.25) is 0 Å². The molecule has 0 bridgehead atoms. The number of likely N-dealkylation sites (N-methyl/N-ethyl adjacent to an activating group) is 1. The minimum Gasteiger partial charge on any atom is -0.383 e. The van der Waals surface area contributed by atoms with E-state index in [1.807, 2.05) is 12.1 Å². The molecule has 4 rings (SSSR count). The molecule has 3 amide bonds. The Morgan fingerprint density at radius 3 is 2.90 bits per heavy atom. The lowest BCUT2D eigenvalue weighted by atomic mass is 10.0. The second kappa shape index (κ2) is 7.94. The molecule has 9 nitrogen and oxygen atoms in total. The molecule has 9 heteroatoms. The largest absolute Gasteiger partial charge is 0.383 e. The lowest BCUT2D eigenvalue weighted by Crippen LogP contribution is -2.42. The van der Waals surface area contributed by atoms with Gasteiger partial charge in [0.15, 0.2) is 0 Å². The van der Waals surface area contributed by atoms with Crippen LogP contribution in [-0.2, 0) is 11.2 Å². The van der Waals surface area contributed by atoms with Crippen molar-refractivity contribution in [2.24, 2.45) is 0 Å². The maximum absolute atomic E-state index is 12.3. The third kappa shape index (κ3) is 3.73. The van der Waals surface area contributed by atoms with Crippen LogP contribution in [0.15, 0.2) is 36.8 Å². The smallest absolute Gasteiger partial charge is 0.321 e. The summed E-state index contributed by atoms with van der Waals surface area (Å²) in [6.07, 6.45) is 6.54. The van der Waals surface area contributed by atoms with E-state index in [0.29, 0.717) is 35.7 Å². The Morgan fingerprint density at radius 1 is 1.33 bits per heavy atom. The molecule has 1 fully saturated rings. The Balaban J connectivity index is 1.60. The molecule has 0 saturated carbocycles. The zero-order chi connectivity index (χ0) is 21.3. The van der Waals surface area contributed by atoms with E-state index in [0.717, 1.165) is 22.9 Å². The predicted octanol–water partition coefficient (Wildman–Crippen LogP) is 2.19. The van der Waals surface area contributed by atoms with Gasteiger partial charge in [0.1, 0.15) is 17.7 Å². The summed E-state index contributed by atoms with van der Waals surface area (Å²) in [5.41, 5.74) is 8.91. The number of pyridine rings is 3. The number of hydrogen-bond acceptors (Lipinski definition) is 6. The quantitative estimate of drug-likeness (QED) is 0.611. The highest BCUT2D eigenvalue weighted by atomic mass is 16.2. The van der Waals surface area contributed by atoms with Gasteiger partial charge in [-0.25, -0.2) is 14.8 Å². The molecule has 1 aliphatic heterocycles. The van der Waals surface area contributed by atoms with Crippen LogP contribution in [0.5, 0.6) is 0 Å². The van der Waals surface area contributed by atoms with Gasteiger partial charge in [0.25, 0.3) is 0 Å². The minimum atomic E-state index is -0.514. The molecule has 1 saturated heterocycles. The van der Waals surface area contributed by atoms with Crippen molar-refractivity contribution < 1.29 is 9.59 Å². The predicted molar refractivity (Wildman–Crippen MR) is 115 cm³/mol. The number of nitrogens with one attached hydrogen (secondary N) is 2. The number of aromatic nitrogens is 3. The van der Waals surface area contributed by atoms with Crippen molar-refractivity contribution in [1.82, 2.24) is 25.2 Å². The summed E-state index contributed by atoms with van der Waals surface area (Å²) in [6, 6.07) is 4.62. The van der Waals surface area contributed by atoms with Crippen molar-refractivity contribution >= 4 is 34.3 Å². The van der Waals surface area contributed by atoms with Gasteiger partial charge in [0.2, 0.25) is 5.91 Å². The molecule has 30 heavy (non-hydrogen) atoms. The number of carbonyl (C=O) groups is 2. The summed E-state index contributed by atoms with van der Waals surface area (Å²) < 4.78 is 0. The number of likely N-dealkylation sites (tertiary alicyclic amines) is 1. The number of nitrogen functional groups attached to an aromatic ring is 1. The standard InChI is InChI=1S/C21H23N7O2/c1-3-12-4-6-23-10-14(12)17-8-13-9-18(24-11-15(13)19(22)25-17)27-21(30)26-16-5-7-28(2)20(16)29/h4,6,8-11,16H,3,5,7H2,1-2H3,(H2,22,25)(H2,24,26,27,30)/t16-/m1/s1. The zero-order valence-corrected chi connectivity index (χ0v) is 16.8. The number of amides is 3. The summed E-state index contributed by atoms with van der Waals surface area (Å²) in [6.45, 7) is 2.70. The number of rotatable bonds is 4. The van der Waals surface area contributed by atoms with E-state index in [-0.39, 0.29) is 5.91 Å². The van der Waals surface area contributed by atoms with E-state index < -0.39 is 12.1 Å². The van der Waals surface area contributed by atoms with Gasteiger partial charge < -0.3 is 16.0 Å². The van der Waals surface area contributed by atoms with Crippen LogP contribution < -0.4 is 16.4 Å². The Hall–Kier alpha value is -3.75. The van der Waals surface area contributed by atoms with Crippen LogP contribution in [0.1, 0.15) is 18.9 Å². The molecule has 1 atom stereocenters. The molecule has 0 unspecified atom stereocenters. The van der Waals surface area contributed by atoms with E-state index in [4.69, 9.17) is 5.73 Å². The third-order valence-electron chi connectivity index (χ3n) is 5.29. The van der Waals surface area contributed by atoms with Gasteiger partial charge in [-0.05, 0) is 42.0 Å². The van der Waals surface area contributed by atoms with Crippen LogP contribution in [0.4, 0.5) is 16.4 Å². The highest BCUT2D eigenvalue weighted by Crippen LogP contribution is 2.29.